The first kappa shape index (κ1) is 9.01. The molecule has 1 aromatic carbocycles. The summed E-state index contributed by atoms with van der Waals surface area (Å²) in [6, 6.07) is 10.3. The number of nitrogens with one attached hydrogen (secondary N) is 1. The molecule has 0 spiro atoms. The molecule has 0 radical (unpaired) electrons. The van der Waals surface area contributed by atoms with Gasteiger partial charge in [0.1, 0.15) is 0 Å². The normalized spacial score (nSPS) is 15.2. The summed E-state index contributed by atoms with van der Waals surface area (Å²) >= 11 is 0. The lowest BCUT2D eigenvalue weighted by Crippen LogP contribution is -2.34. The Hall–Kier alpha value is -1.08. The molecule has 0 unspecified atom stereocenters. The Morgan fingerprint density at radius 2 is 1.92 bits per heavy atom. The molecule has 0 amide bonds. The lowest BCUT2D eigenvalue weighted by Gasteiger charge is -2.25. The van der Waals surface area contributed by atoms with Gasteiger partial charge in [-0.3, -0.25) is 0 Å². The highest BCUT2D eigenvalue weighted by molar-refractivity contribution is 5.27. The Balaban J connectivity index is 3.03. The van der Waals surface area contributed by atoms with Gasteiger partial charge in [0.25, 0.3) is 0 Å². The SMILES string of the molecule is C=C[C@@](C)(NC)c1ccccc1. The van der Waals surface area contributed by atoms with Crippen molar-refractivity contribution in [2.45, 2.75) is 12.5 Å². The third-order valence-electron chi connectivity index (χ3n) is 2.30. The lowest BCUT2D eigenvalue weighted by atomic mass is 9.93. The molecule has 0 saturated heterocycles. The van der Waals surface area contributed by atoms with Crippen molar-refractivity contribution >= 4 is 0 Å². The topological polar surface area (TPSA) is 12.0 Å². The summed E-state index contributed by atoms with van der Waals surface area (Å²) in [5.41, 5.74) is 1.13. The van der Waals surface area contributed by atoms with Crippen LogP contribution < -0.4 is 5.32 Å². The van der Waals surface area contributed by atoms with Crippen LogP contribution in [0.2, 0.25) is 0 Å². The molecule has 0 aliphatic carbocycles. The minimum absolute atomic E-state index is 0.110. The second kappa shape index (κ2) is 3.55. The Morgan fingerprint density at radius 1 is 1.33 bits per heavy atom. The number of hydrogen-bond donors (Lipinski definition) is 1. The fourth-order valence-electron chi connectivity index (χ4n) is 1.15. The van der Waals surface area contributed by atoms with Crippen LogP contribution in [0.5, 0.6) is 0 Å². The van der Waals surface area contributed by atoms with Crippen molar-refractivity contribution in [1.82, 2.24) is 5.32 Å². The van der Waals surface area contributed by atoms with Crippen LogP contribution in [-0.4, -0.2) is 7.05 Å². The van der Waals surface area contributed by atoms with Gasteiger partial charge in [0, 0.05) is 0 Å². The lowest BCUT2D eigenvalue weighted by molar-refractivity contribution is 0.506. The fraction of sp³-hybridized carbons (Fsp3) is 0.273. The zero-order chi connectivity index (χ0) is 9.03. The van der Waals surface area contributed by atoms with Crippen molar-refractivity contribution < 1.29 is 0 Å². The Morgan fingerprint density at radius 3 is 2.33 bits per heavy atom. The molecule has 0 aliphatic heterocycles. The smallest absolute Gasteiger partial charge is 0.0586 e. The summed E-state index contributed by atoms with van der Waals surface area (Å²) in [6.45, 7) is 5.92. The summed E-state index contributed by atoms with van der Waals surface area (Å²) < 4.78 is 0. The van der Waals surface area contributed by atoms with Crippen LogP contribution in [0.15, 0.2) is 43.0 Å². The van der Waals surface area contributed by atoms with Crippen molar-refractivity contribution in [2.24, 2.45) is 0 Å². The summed E-state index contributed by atoms with van der Waals surface area (Å²) in [5.74, 6) is 0. The van der Waals surface area contributed by atoms with Gasteiger partial charge in [-0.15, -0.1) is 6.58 Å². The molecule has 1 N–H and O–H groups in total. The maximum Gasteiger partial charge on any atom is 0.0586 e. The zero-order valence-corrected chi connectivity index (χ0v) is 7.67. The van der Waals surface area contributed by atoms with Gasteiger partial charge >= 0.3 is 0 Å². The van der Waals surface area contributed by atoms with Crippen molar-refractivity contribution in [3.63, 3.8) is 0 Å². The first-order chi connectivity index (χ1) is 5.73. The van der Waals surface area contributed by atoms with Crippen molar-refractivity contribution in [3.8, 4) is 0 Å². The van der Waals surface area contributed by atoms with E-state index in [1.54, 1.807) is 0 Å². The number of benzene rings is 1. The molecule has 12 heavy (non-hydrogen) atoms. The predicted molar refractivity (Wildman–Crippen MR) is 53.1 cm³/mol. The molecule has 1 nitrogen and oxygen atoms in total. The summed E-state index contributed by atoms with van der Waals surface area (Å²) in [6.07, 6.45) is 1.92. The van der Waals surface area contributed by atoms with Gasteiger partial charge in [-0.2, -0.15) is 0 Å². The quantitative estimate of drug-likeness (QED) is 0.671. The van der Waals surface area contributed by atoms with E-state index in [9.17, 15) is 0 Å². The van der Waals surface area contributed by atoms with E-state index in [4.69, 9.17) is 0 Å². The van der Waals surface area contributed by atoms with Crippen LogP contribution in [0, 0.1) is 0 Å². The zero-order valence-electron chi connectivity index (χ0n) is 7.67. The van der Waals surface area contributed by atoms with Crippen LogP contribution >= 0.6 is 0 Å². The second-order valence-corrected chi connectivity index (χ2v) is 3.02. The van der Waals surface area contributed by atoms with Gasteiger partial charge in [-0.1, -0.05) is 36.4 Å². The molecule has 0 aliphatic rings. The molecule has 64 valence electrons. The maximum absolute atomic E-state index is 3.82. The second-order valence-electron chi connectivity index (χ2n) is 3.02. The Kier molecular flexibility index (Phi) is 2.66. The number of likely N-dealkylation sites (N-methyl/N-ethyl adjacent to an activating group) is 1. The molecule has 0 aromatic heterocycles. The van der Waals surface area contributed by atoms with E-state index in [-0.39, 0.29) is 5.54 Å². The Bertz CT molecular complexity index is 253. The van der Waals surface area contributed by atoms with Crippen molar-refractivity contribution in [1.29, 1.82) is 0 Å². The van der Waals surface area contributed by atoms with Crippen LogP contribution in [0.25, 0.3) is 0 Å². The van der Waals surface area contributed by atoms with Crippen LogP contribution in [0.3, 0.4) is 0 Å². The minimum Gasteiger partial charge on any atom is -0.308 e. The standard InChI is InChI=1S/C11H15N/c1-4-11(2,12-3)10-8-6-5-7-9-10/h4-9,12H,1H2,2-3H3/t11-/m1/s1. The number of hydrogen-bond acceptors (Lipinski definition) is 1. The molecule has 1 atom stereocenters. The van der Waals surface area contributed by atoms with Crippen LogP contribution in [-0.2, 0) is 5.54 Å². The van der Waals surface area contributed by atoms with Crippen molar-refractivity contribution in [3.05, 3.63) is 48.6 Å². The molecule has 0 saturated carbocycles. The highest BCUT2D eigenvalue weighted by Gasteiger charge is 2.18. The van der Waals surface area contributed by atoms with Gasteiger partial charge < -0.3 is 5.32 Å². The highest BCUT2D eigenvalue weighted by atomic mass is 14.9. The van der Waals surface area contributed by atoms with Crippen LogP contribution in [0.1, 0.15) is 12.5 Å². The van der Waals surface area contributed by atoms with Crippen molar-refractivity contribution in [2.75, 3.05) is 7.05 Å². The summed E-state index contributed by atoms with van der Waals surface area (Å²) in [4.78, 5) is 0. The summed E-state index contributed by atoms with van der Waals surface area (Å²) in [5, 5.41) is 3.23. The monoisotopic (exact) mass is 161 g/mol. The van der Waals surface area contributed by atoms with Gasteiger partial charge in [-0.25, -0.2) is 0 Å². The maximum atomic E-state index is 3.82. The van der Waals surface area contributed by atoms with E-state index in [1.165, 1.54) is 5.56 Å². The van der Waals surface area contributed by atoms with E-state index in [2.05, 4.69) is 31.0 Å². The minimum atomic E-state index is -0.110. The molecule has 0 fully saturated rings. The summed E-state index contributed by atoms with van der Waals surface area (Å²) in [7, 11) is 1.94. The fourth-order valence-corrected chi connectivity index (χ4v) is 1.15. The molecule has 1 rings (SSSR count). The molecule has 0 heterocycles. The van der Waals surface area contributed by atoms with E-state index < -0.39 is 0 Å². The van der Waals surface area contributed by atoms with E-state index in [0.717, 1.165) is 0 Å². The first-order valence-corrected chi connectivity index (χ1v) is 4.11. The van der Waals surface area contributed by atoms with E-state index in [1.807, 2.05) is 31.3 Å². The Labute approximate surface area is 74.1 Å². The van der Waals surface area contributed by atoms with Crippen LogP contribution in [0.4, 0.5) is 0 Å². The highest BCUT2D eigenvalue weighted by Crippen LogP contribution is 2.20. The largest absolute Gasteiger partial charge is 0.308 e. The predicted octanol–water partition coefficient (Wildman–Crippen LogP) is 2.31. The molecule has 1 heteroatoms. The van der Waals surface area contributed by atoms with Gasteiger partial charge in [0.2, 0.25) is 0 Å². The van der Waals surface area contributed by atoms with Gasteiger partial charge in [-0.05, 0) is 19.5 Å². The third-order valence-corrected chi connectivity index (χ3v) is 2.30. The third kappa shape index (κ3) is 1.56. The van der Waals surface area contributed by atoms with E-state index >= 15 is 0 Å². The van der Waals surface area contributed by atoms with Gasteiger partial charge in [0.15, 0.2) is 0 Å². The first-order valence-electron chi connectivity index (χ1n) is 4.11. The number of rotatable bonds is 3. The van der Waals surface area contributed by atoms with E-state index in [0.29, 0.717) is 0 Å². The molecule has 1 aromatic rings. The van der Waals surface area contributed by atoms with Gasteiger partial charge in [0.05, 0.1) is 5.54 Å². The average molecular weight is 161 g/mol. The average Bonchev–Trinajstić information content (AvgIpc) is 2.18. The molecule has 0 bridgehead atoms. The molecular formula is C11H15N. The molecular weight excluding hydrogens is 146 g/mol.